The minimum absolute atomic E-state index is 0.0966. The van der Waals surface area contributed by atoms with Crippen LogP contribution in [-0.2, 0) is 11.3 Å². The van der Waals surface area contributed by atoms with E-state index in [4.69, 9.17) is 28.5 Å². The SMILES string of the molecule is C[NH+](CC(=O)Nc1ccccc1SCC#N)Cc1cccc(Cl)c1Cl. The maximum atomic E-state index is 12.3. The molecular weight excluding hydrogens is 377 g/mol. The summed E-state index contributed by atoms with van der Waals surface area (Å²) < 4.78 is 0. The van der Waals surface area contributed by atoms with Crippen molar-refractivity contribution in [3.63, 3.8) is 0 Å². The number of amides is 1. The van der Waals surface area contributed by atoms with Crippen molar-refractivity contribution in [3.8, 4) is 6.07 Å². The van der Waals surface area contributed by atoms with Crippen molar-refractivity contribution < 1.29 is 9.69 Å². The predicted octanol–water partition coefficient (Wildman–Crippen LogP) is 3.26. The van der Waals surface area contributed by atoms with Gasteiger partial charge in [0.05, 0.1) is 34.6 Å². The third kappa shape index (κ3) is 5.94. The van der Waals surface area contributed by atoms with Crippen molar-refractivity contribution in [2.75, 3.05) is 24.7 Å². The smallest absolute Gasteiger partial charge is 0.279 e. The molecule has 130 valence electrons. The van der Waals surface area contributed by atoms with E-state index in [1.807, 2.05) is 43.4 Å². The van der Waals surface area contributed by atoms with Gasteiger partial charge in [0.1, 0.15) is 6.54 Å². The van der Waals surface area contributed by atoms with E-state index in [9.17, 15) is 4.79 Å². The molecule has 0 saturated carbocycles. The number of rotatable bonds is 7. The Labute approximate surface area is 161 Å². The summed E-state index contributed by atoms with van der Waals surface area (Å²) in [4.78, 5) is 14.2. The highest BCUT2D eigenvalue weighted by atomic mass is 35.5. The fourth-order valence-electron chi connectivity index (χ4n) is 2.35. The van der Waals surface area contributed by atoms with Gasteiger partial charge in [-0.15, -0.1) is 11.8 Å². The molecule has 0 fully saturated rings. The van der Waals surface area contributed by atoms with Gasteiger partial charge in [0.15, 0.2) is 6.54 Å². The number of carbonyl (C=O) groups is 1. The van der Waals surface area contributed by atoms with E-state index in [2.05, 4.69) is 11.4 Å². The zero-order chi connectivity index (χ0) is 18.2. The third-order valence-corrected chi connectivity index (χ3v) is 5.24. The van der Waals surface area contributed by atoms with Gasteiger partial charge in [0, 0.05) is 10.5 Å². The Morgan fingerprint density at radius 1 is 1.24 bits per heavy atom. The lowest BCUT2D eigenvalue weighted by molar-refractivity contribution is -0.885. The van der Waals surface area contributed by atoms with E-state index in [1.165, 1.54) is 11.8 Å². The van der Waals surface area contributed by atoms with Crippen LogP contribution >= 0.6 is 35.0 Å². The van der Waals surface area contributed by atoms with Crippen molar-refractivity contribution in [2.24, 2.45) is 0 Å². The van der Waals surface area contributed by atoms with Crippen LogP contribution in [0.1, 0.15) is 5.56 Å². The lowest BCUT2D eigenvalue weighted by Gasteiger charge is -2.16. The van der Waals surface area contributed by atoms with Gasteiger partial charge in [-0.05, 0) is 18.2 Å². The summed E-state index contributed by atoms with van der Waals surface area (Å²) in [6, 6.07) is 15.0. The Kier molecular flexibility index (Phi) is 7.60. The molecule has 2 aromatic carbocycles. The number of carbonyl (C=O) groups excluding carboxylic acids is 1. The molecule has 2 N–H and O–H groups in total. The standard InChI is InChI=1S/C18H17Cl2N3OS/c1-23(11-13-5-4-6-14(19)18(13)20)12-17(24)22-15-7-2-3-8-16(15)25-10-9-21/h2-8H,10-12H2,1H3,(H,22,24)/p+1. The second kappa shape index (κ2) is 9.69. The summed E-state index contributed by atoms with van der Waals surface area (Å²) in [5, 5.41) is 12.7. The number of nitriles is 1. The van der Waals surface area contributed by atoms with Crippen LogP contribution in [0.4, 0.5) is 5.69 Å². The summed E-state index contributed by atoms with van der Waals surface area (Å²) in [5.41, 5.74) is 1.63. The fraction of sp³-hybridized carbons (Fsp3) is 0.222. The van der Waals surface area contributed by atoms with Crippen LogP contribution in [-0.4, -0.2) is 25.3 Å². The highest BCUT2D eigenvalue weighted by Gasteiger charge is 2.15. The van der Waals surface area contributed by atoms with Gasteiger partial charge in [0.25, 0.3) is 5.91 Å². The number of thioether (sulfide) groups is 1. The minimum Gasteiger partial charge on any atom is -0.326 e. The number of likely N-dealkylation sites (N-methyl/N-ethyl adjacent to an activating group) is 1. The molecule has 0 aliphatic rings. The van der Waals surface area contributed by atoms with Gasteiger partial charge < -0.3 is 10.2 Å². The van der Waals surface area contributed by atoms with Crippen molar-refractivity contribution >= 4 is 46.6 Å². The minimum atomic E-state index is -0.0966. The number of halogens is 2. The van der Waals surface area contributed by atoms with Crippen LogP contribution < -0.4 is 10.2 Å². The first-order valence-corrected chi connectivity index (χ1v) is 9.38. The first-order valence-electron chi connectivity index (χ1n) is 7.64. The van der Waals surface area contributed by atoms with E-state index in [0.717, 1.165) is 21.0 Å². The highest BCUT2D eigenvalue weighted by Crippen LogP contribution is 2.26. The monoisotopic (exact) mass is 394 g/mol. The van der Waals surface area contributed by atoms with Crippen LogP contribution in [0.2, 0.25) is 10.0 Å². The van der Waals surface area contributed by atoms with Crippen LogP contribution in [0, 0.1) is 11.3 Å². The van der Waals surface area contributed by atoms with Gasteiger partial charge in [0.2, 0.25) is 0 Å². The summed E-state index contributed by atoms with van der Waals surface area (Å²) in [6.45, 7) is 0.887. The molecule has 0 saturated heterocycles. The van der Waals surface area contributed by atoms with Gasteiger partial charge in [-0.25, -0.2) is 0 Å². The summed E-state index contributed by atoms with van der Waals surface area (Å²) in [5.74, 6) is 0.242. The van der Waals surface area contributed by atoms with Crippen LogP contribution in [0.25, 0.3) is 0 Å². The van der Waals surface area contributed by atoms with E-state index >= 15 is 0 Å². The second-order valence-electron chi connectivity index (χ2n) is 5.51. The lowest BCUT2D eigenvalue weighted by Crippen LogP contribution is -3.08. The topological polar surface area (TPSA) is 57.3 Å². The number of anilines is 1. The molecule has 0 radical (unpaired) electrons. The zero-order valence-electron chi connectivity index (χ0n) is 13.7. The van der Waals surface area contributed by atoms with Crippen molar-refractivity contribution in [1.29, 1.82) is 5.26 Å². The Hall–Kier alpha value is -1.71. The molecule has 7 heteroatoms. The molecule has 0 aromatic heterocycles. The molecule has 0 bridgehead atoms. The molecule has 0 spiro atoms. The molecule has 0 aliphatic heterocycles. The fourth-order valence-corrected chi connectivity index (χ4v) is 3.40. The normalized spacial score (nSPS) is 11.6. The number of quaternary nitrogens is 1. The summed E-state index contributed by atoms with van der Waals surface area (Å²) >= 11 is 13.6. The predicted molar refractivity (Wildman–Crippen MR) is 103 cm³/mol. The van der Waals surface area contributed by atoms with E-state index in [1.54, 1.807) is 6.07 Å². The van der Waals surface area contributed by atoms with E-state index in [0.29, 0.717) is 28.9 Å². The van der Waals surface area contributed by atoms with Crippen LogP contribution in [0.5, 0.6) is 0 Å². The van der Waals surface area contributed by atoms with E-state index in [-0.39, 0.29) is 5.91 Å². The third-order valence-electron chi connectivity index (χ3n) is 3.44. The average Bonchev–Trinajstić information content (AvgIpc) is 2.58. The van der Waals surface area contributed by atoms with Crippen molar-refractivity contribution in [1.82, 2.24) is 0 Å². The number of nitrogens with one attached hydrogen (secondary N) is 2. The highest BCUT2D eigenvalue weighted by molar-refractivity contribution is 7.99. The molecule has 1 unspecified atom stereocenters. The molecule has 25 heavy (non-hydrogen) atoms. The Morgan fingerprint density at radius 2 is 2.00 bits per heavy atom. The molecule has 4 nitrogen and oxygen atoms in total. The van der Waals surface area contributed by atoms with Crippen molar-refractivity contribution in [3.05, 3.63) is 58.1 Å². The first-order chi connectivity index (χ1) is 12.0. The van der Waals surface area contributed by atoms with Crippen LogP contribution in [0.15, 0.2) is 47.4 Å². The lowest BCUT2D eigenvalue weighted by atomic mass is 10.2. The molecule has 0 heterocycles. The van der Waals surface area contributed by atoms with E-state index < -0.39 is 0 Å². The number of para-hydroxylation sites is 1. The zero-order valence-corrected chi connectivity index (χ0v) is 16.0. The van der Waals surface area contributed by atoms with Gasteiger partial charge in [-0.3, -0.25) is 4.79 Å². The Balaban J connectivity index is 1.96. The average molecular weight is 395 g/mol. The van der Waals surface area contributed by atoms with Crippen molar-refractivity contribution in [2.45, 2.75) is 11.4 Å². The van der Waals surface area contributed by atoms with Gasteiger partial charge >= 0.3 is 0 Å². The molecule has 0 aliphatic carbocycles. The number of hydrogen-bond donors (Lipinski definition) is 2. The Morgan fingerprint density at radius 3 is 2.76 bits per heavy atom. The Bertz CT molecular complexity index is 792. The molecule has 1 amide bonds. The van der Waals surface area contributed by atoms with Gasteiger partial charge in [-0.2, -0.15) is 5.26 Å². The van der Waals surface area contributed by atoms with Crippen LogP contribution in [0.3, 0.4) is 0 Å². The number of hydrogen-bond acceptors (Lipinski definition) is 3. The maximum Gasteiger partial charge on any atom is 0.279 e. The first kappa shape index (κ1) is 19.6. The summed E-state index contributed by atoms with van der Waals surface area (Å²) in [6.07, 6.45) is 0. The molecular formula is C18H18Cl2N3OS+. The molecule has 1 atom stereocenters. The molecule has 2 rings (SSSR count). The number of nitrogens with zero attached hydrogens (tertiary/aromatic N) is 1. The van der Waals surface area contributed by atoms with Gasteiger partial charge in [-0.1, -0.05) is 47.5 Å². The second-order valence-corrected chi connectivity index (χ2v) is 7.32. The maximum absolute atomic E-state index is 12.3. The largest absolute Gasteiger partial charge is 0.326 e. The quantitative estimate of drug-likeness (QED) is 0.708. The molecule has 2 aromatic rings. The number of benzene rings is 2. The summed E-state index contributed by atoms with van der Waals surface area (Å²) in [7, 11) is 1.92.